The number of rotatable bonds is 8. The quantitative estimate of drug-likeness (QED) is 0.513. The molecule has 0 saturated carbocycles. The molecule has 0 radical (unpaired) electrons. The van der Waals surface area contributed by atoms with Gasteiger partial charge in [-0.25, -0.2) is 0 Å². The van der Waals surface area contributed by atoms with Crippen molar-refractivity contribution >= 4 is 29.0 Å². The van der Waals surface area contributed by atoms with Crippen molar-refractivity contribution in [2.75, 3.05) is 26.3 Å². The second-order valence-electron chi connectivity index (χ2n) is 7.26. The van der Waals surface area contributed by atoms with Gasteiger partial charge in [0.15, 0.2) is 0 Å². The molecule has 1 saturated heterocycles. The zero-order chi connectivity index (χ0) is 20.6. The van der Waals surface area contributed by atoms with E-state index in [9.17, 15) is 4.79 Å². The molecule has 0 unspecified atom stereocenters. The van der Waals surface area contributed by atoms with E-state index in [1.807, 2.05) is 24.3 Å². The number of carbonyl (C=O) groups is 1. The Labute approximate surface area is 186 Å². The van der Waals surface area contributed by atoms with E-state index in [-0.39, 0.29) is 5.91 Å². The van der Waals surface area contributed by atoms with E-state index in [4.69, 9.17) is 4.74 Å². The minimum atomic E-state index is -0.0251. The molecule has 1 aliphatic heterocycles. The van der Waals surface area contributed by atoms with Crippen LogP contribution in [0.15, 0.2) is 70.9 Å². The SMILES string of the molecule is O=C(NCc1cccc(CN2CCOCC2)c1)c1ccccc1SCc1cccs1. The lowest BCUT2D eigenvalue weighted by atomic mass is 10.1. The van der Waals surface area contributed by atoms with Crippen molar-refractivity contribution in [3.05, 3.63) is 87.6 Å². The third-order valence-electron chi connectivity index (χ3n) is 5.04. The van der Waals surface area contributed by atoms with Crippen LogP contribution < -0.4 is 5.32 Å². The monoisotopic (exact) mass is 438 g/mol. The van der Waals surface area contributed by atoms with Crippen molar-refractivity contribution < 1.29 is 9.53 Å². The van der Waals surface area contributed by atoms with Crippen LogP contribution in [0.4, 0.5) is 0 Å². The molecular formula is C24H26N2O2S2. The number of carbonyl (C=O) groups excluding carboxylic acids is 1. The largest absolute Gasteiger partial charge is 0.379 e. The molecule has 0 bridgehead atoms. The summed E-state index contributed by atoms with van der Waals surface area (Å²) in [7, 11) is 0. The molecule has 30 heavy (non-hydrogen) atoms. The van der Waals surface area contributed by atoms with Crippen LogP contribution in [0.25, 0.3) is 0 Å². The van der Waals surface area contributed by atoms with Crippen LogP contribution in [-0.2, 0) is 23.6 Å². The van der Waals surface area contributed by atoms with Crippen molar-refractivity contribution in [3.8, 4) is 0 Å². The van der Waals surface area contributed by atoms with E-state index in [1.54, 1.807) is 23.1 Å². The fourth-order valence-electron chi connectivity index (χ4n) is 3.46. The van der Waals surface area contributed by atoms with Crippen molar-refractivity contribution in [2.45, 2.75) is 23.7 Å². The van der Waals surface area contributed by atoms with Gasteiger partial charge >= 0.3 is 0 Å². The van der Waals surface area contributed by atoms with E-state index >= 15 is 0 Å². The molecule has 0 atom stereocenters. The van der Waals surface area contributed by atoms with E-state index in [2.05, 4.69) is 52.0 Å². The van der Waals surface area contributed by atoms with Gasteiger partial charge in [-0.3, -0.25) is 9.69 Å². The zero-order valence-corrected chi connectivity index (χ0v) is 18.5. The van der Waals surface area contributed by atoms with Gasteiger partial charge in [0.05, 0.1) is 18.8 Å². The highest BCUT2D eigenvalue weighted by Crippen LogP contribution is 2.28. The first-order valence-corrected chi connectivity index (χ1v) is 12.0. The lowest BCUT2D eigenvalue weighted by molar-refractivity contribution is 0.0342. The van der Waals surface area contributed by atoms with Crippen LogP contribution in [0.2, 0.25) is 0 Å². The van der Waals surface area contributed by atoms with Crippen LogP contribution in [0.3, 0.4) is 0 Å². The van der Waals surface area contributed by atoms with Gasteiger partial charge < -0.3 is 10.1 Å². The first kappa shape index (κ1) is 21.1. The van der Waals surface area contributed by atoms with Crippen molar-refractivity contribution in [3.63, 3.8) is 0 Å². The molecule has 2 aromatic carbocycles. The van der Waals surface area contributed by atoms with E-state index in [0.29, 0.717) is 6.54 Å². The van der Waals surface area contributed by atoms with Gasteiger partial charge in [0.2, 0.25) is 0 Å². The van der Waals surface area contributed by atoms with Gasteiger partial charge in [-0.15, -0.1) is 23.1 Å². The van der Waals surface area contributed by atoms with Crippen LogP contribution in [0.5, 0.6) is 0 Å². The highest BCUT2D eigenvalue weighted by molar-refractivity contribution is 7.98. The Balaban J connectivity index is 1.35. The molecule has 156 valence electrons. The summed E-state index contributed by atoms with van der Waals surface area (Å²) in [5.74, 6) is 0.855. The molecule has 1 N–H and O–H groups in total. The Kier molecular flexibility index (Phi) is 7.59. The van der Waals surface area contributed by atoms with Crippen LogP contribution in [0, 0.1) is 0 Å². The summed E-state index contributed by atoms with van der Waals surface area (Å²) >= 11 is 3.46. The van der Waals surface area contributed by atoms with E-state index < -0.39 is 0 Å². The van der Waals surface area contributed by atoms with Gasteiger partial charge in [-0.05, 0) is 34.7 Å². The zero-order valence-electron chi connectivity index (χ0n) is 16.9. The average Bonchev–Trinajstić information content (AvgIpc) is 3.31. The molecule has 1 fully saturated rings. The maximum absolute atomic E-state index is 12.9. The number of morpholine rings is 1. The number of nitrogens with zero attached hydrogens (tertiary/aromatic N) is 1. The van der Waals surface area contributed by atoms with Crippen LogP contribution >= 0.6 is 23.1 Å². The molecule has 3 aromatic rings. The molecule has 4 rings (SSSR count). The van der Waals surface area contributed by atoms with Gasteiger partial charge in [0.1, 0.15) is 0 Å². The van der Waals surface area contributed by atoms with E-state index in [1.165, 1.54) is 10.4 Å². The summed E-state index contributed by atoms with van der Waals surface area (Å²) < 4.78 is 5.43. The van der Waals surface area contributed by atoms with Crippen molar-refractivity contribution in [1.82, 2.24) is 10.2 Å². The first-order valence-electron chi connectivity index (χ1n) is 10.2. The molecule has 1 aromatic heterocycles. The minimum absolute atomic E-state index is 0.0251. The number of hydrogen-bond acceptors (Lipinski definition) is 5. The third kappa shape index (κ3) is 5.95. The number of thioether (sulfide) groups is 1. The maximum Gasteiger partial charge on any atom is 0.252 e. The van der Waals surface area contributed by atoms with Gasteiger partial charge in [-0.1, -0.05) is 42.5 Å². The fraction of sp³-hybridized carbons (Fsp3) is 0.292. The number of hydrogen-bond donors (Lipinski definition) is 1. The fourth-order valence-corrected chi connectivity index (χ4v) is 5.28. The molecule has 0 spiro atoms. The number of amides is 1. The number of thiophene rings is 1. The number of ether oxygens (including phenoxy) is 1. The average molecular weight is 439 g/mol. The first-order chi connectivity index (χ1) is 14.8. The Morgan fingerprint density at radius 3 is 2.70 bits per heavy atom. The Morgan fingerprint density at radius 2 is 1.87 bits per heavy atom. The normalized spacial score (nSPS) is 14.5. The van der Waals surface area contributed by atoms with Gasteiger partial charge in [-0.2, -0.15) is 0 Å². The van der Waals surface area contributed by atoms with Crippen LogP contribution in [0.1, 0.15) is 26.4 Å². The summed E-state index contributed by atoms with van der Waals surface area (Å²) in [4.78, 5) is 17.6. The standard InChI is InChI=1S/C24H26N2O2S2/c27-24(22-8-1-2-9-23(22)30-18-21-7-4-14-29-21)25-16-19-5-3-6-20(15-19)17-26-10-12-28-13-11-26/h1-9,14-15H,10-13,16-18H2,(H,25,27). The minimum Gasteiger partial charge on any atom is -0.379 e. The molecule has 0 aliphatic carbocycles. The second-order valence-corrected chi connectivity index (χ2v) is 9.30. The molecular weight excluding hydrogens is 412 g/mol. The van der Waals surface area contributed by atoms with Crippen LogP contribution in [-0.4, -0.2) is 37.1 Å². The van der Waals surface area contributed by atoms with Crippen molar-refractivity contribution in [2.24, 2.45) is 0 Å². The summed E-state index contributed by atoms with van der Waals surface area (Å²) in [6, 6.07) is 20.5. The summed E-state index contributed by atoms with van der Waals surface area (Å²) in [6.45, 7) is 5.01. The lowest BCUT2D eigenvalue weighted by Crippen LogP contribution is -2.35. The van der Waals surface area contributed by atoms with Crippen molar-refractivity contribution in [1.29, 1.82) is 0 Å². The Morgan fingerprint density at radius 1 is 1.03 bits per heavy atom. The summed E-state index contributed by atoms with van der Waals surface area (Å²) in [5.41, 5.74) is 3.14. The van der Waals surface area contributed by atoms with Gasteiger partial charge in [0, 0.05) is 41.7 Å². The summed E-state index contributed by atoms with van der Waals surface area (Å²) in [5, 5.41) is 5.18. The molecule has 6 heteroatoms. The lowest BCUT2D eigenvalue weighted by Gasteiger charge is -2.26. The Bertz CT molecular complexity index is 953. The second kappa shape index (κ2) is 10.8. The topological polar surface area (TPSA) is 41.6 Å². The molecule has 4 nitrogen and oxygen atoms in total. The highest BCUT2D eigenvalue weighted by atomic mass is 32.2. The van der Waals surface area contributed by atoms with Gasteiger partial charge in [0.25, 0.3) is 5.91 Å². The predicted molar refractivity (Wildman–Crippen MR) is 124 cm³/mol. The maximum atomic E-state index is 12.9. The Hall–Kier alpha value is -2.12. The molecule has 1 aliphatic rings. The number of benzene rings is 2. The number of nitrogens with one attached hydrogen (secondary N) is 1. The molecule has 2 heterocycles. The molecule has 1 amide bonds. The smallest absolute Gasteiger partial charge is 0.252 e. The predicted octanol–water partition coefficient (Wildman–Crippen LogP) is 4.80. The van der Waals surface area contributed by atoms with E-state index in [0.717, 1.165) is 54.6 Å². The third-order valence-corrected chi connectivity index (χ3v) is 7.22. The summed E-state index contributed by atoms with van der Waals surface area (Å²) in [6.07, 6.45) is 0. The highest BCUT2D eigenvalue weighted by Gasteiger charge is 2.13.